The van der Waals surface area contributed by atoms with Crippen LogP contribution < -0.4 is 10.2 Å². The molecule has 0 atom stereocenters. The normalized spacial score (nSPS) is 19.3. The third-order valence-electron chi connectivity index (χ3n) is 4.65. The number of likely N-dealkylation sites (tertiary alicyclic amines) is 1. The number of carbonyl (C=O) groups is 3. The number of benzene rings is 1. The molecule has 2 N–H and O–H groups in total. The summed E-state index contributed by atoms with van der Waals surface area (Å²) in [6.45, 7) is 2.01. The molecule has 0 radical (unpaired) electrons. The van der Waals surface area contributed by atoms with Gasteiger partial charge in [0.25, 0.3) is 0 Å². The third-order valence-corrected chi connectivity index (χ3v) is 4.65. The number of carbonyl (C=O) groups excluding carboxylic acids is 2. The van der Waals surface area contributed by atoms with Crippen molar-refractivity contribution in [2.45, 2.75) is 25.2 Å². The van der Waals surface area contributed by atoms with Crippen LogP contribution in [0.4, 0.5) is 10.5 Å². The fourth-order valence-electron chi connectivity index (χ4n) is 3.37. The van der Waals surface area contributed by atoms with Gasteiger partial charge < -0.3 is 5.11 Å². The van der Waals surface area contributed by atoms with Crippen molar-refractivity contribution in [2.24, 2.45) is 0 Å². The first-order valence-corrected chi connectivity index (χ1v) is 8.18. The van der Waals surface area contributed by atoms with Crippen LogP contribution in [-0.2, 0) is 9.59 Å². The van der Waals surface area contributed by atoms with Gasteiger partial charge in [-0.3, -0.25) is 24.7 Å². The van der Waals surface area contributed by atoms with Gasteiger partial charge in [-0.05, 0) is 49.5 Å². The molecule has 0 spiro atoms. The fourth-order valence-corrected chi connectivity index (χ4v) is 3.37. The summed E-state index contributed by atoms with van der Waals surface area (Å²) < 4.78 is 0. The first-order valence-electron chi connectivity index (χ1n) is 8.18. The number of aliphatic carboxylic acids is 1. The Kier molecular flexibility index (Phi) is 6.39. The average molecular weight is 368 g/mol. The molecule has 8 heteroatoms. The Balaban J connectivity index is 0.00000225. The average Bonchev–Trinajstić information content (AvgIpc) is 2.55. The predicted molar refractivity (Wildman–Crippen MR) is 95.2 cm³/mol. The Morgan fingerprint density at radius 2 is 1.92 bits per heavy atom. The van der Waals surface area contributed by atoms with E-state index >= 15 is 0 Å². The van der Waals surface area contributed by atoms with Gasteiger partial charge in [-0.2, -0.15) is 0 Å². The molecular weight excluding hydrogens is 346 g/mol. The number of hydrogen-bond donors (Lipinski definition) is 2. The number of piperidine rings is 1. The molecule has 2 fully saturated rings. The zero-order valence-electron chi connectivity index (χ0n) is 13.8. The second kappa shape index (κ2) is 8.31. The summed E-state index contributed by atoms with van der Waals surface area (Å²) >= 11 is 0. The van der Waals surface area contributed by atoms with E-state index in [9.17, 15) is 14.4 Å². The molecule has 7 nitrogen and oxygen atoms in total. The topological polar surface area (TPSA) is 89.9 Å². The lowest BCUT2D eigenvalue weighted by Gasteiger charge is -2.32. The van der Waals surface area contributed by atoms with E-state index in [0.717, 1.165) is 37.2 Å². The minimum atomic E-state index is -0.791. The molecule has 2 aliphatic heterocycles. The molecule has 1 aromatic carbocycles. The molecule has 2 aliphatic rings. The maximum absolute atomic E-state index is 12.0. The smallest absolute Gasteiger partial charge is 0.328 e. The summed E-state index contributed by atoms with van der Waals surface area (Å²) in [4.78, 5) is 37.6. The number of anilines is 1. The SMILES string of the molecule is Cl.O=C(O)CN1CCC(c2cccc(N3CCC(=O)NC3=O)c2)CC1. The van der Waals surface area contributed by atoms with Crippen molar-refractivity contribution in [1.82, 2.24) is 10.2 Å². The minimum absolute atomic E-state index is 0. The van der Waals surface area contributed by atoms with Crippen LogP contribution in [0, 0.1) is 0 Å². The van der Waals surface area contributed by atoms with Crippen molar-refractivity contribution in [2.75, 3.05) is 31.1 Å². The van der Waals surface area contributed by atoms with Gasteiger partial charge in [-0.15, -0.1) is 12.4 Å². The molecule has 0 saturated carbocycles. The number of nitrogens with zero attached hydrogens (tertiary/aromatic N) is 2. The Bertz CT molecular complexity index is 659. The number of carboxylic acids is 1. The number of hydrogen-bond acceptors (Lipinski definition) is 4. The van der Waals surface area contributed by atoms with E-state index in [0.29, 0.717) is 18.9 Å². The van der Waals surface area contributed by atoms with Crippen molar-refractivity contribution < 1.29 is 19.5 Å². The molecule has 3 rings (SSSR count). The maximum Gasteiger partial charge on any atom is 0.328 e. The van der Waals surface area contributed by atoms with Crippen LogP contribution in [0.2, 0.25) is 0 Å². The number of nitrogens with one attached hydrogen (secondary N) is 1. The van der Waals surface area contributed by atoms with Gasteiger partial charge >= 0.3 is 12.0 Å². The van der Waals surface area contributed by atoms with E-state index in [2.05, 4.69) is 5.32 Å². The Morgan fingerprint density at radius 3 is 2.56 bits per heavy atom. The van der Waals surface area contributed by atoms with Crippen molar-refractivity contribution in [3.63, 3.8) is 0 Å². The molecular formula is C17H22ClN3O4. The zero-order valence-corrected chi connectivity index (χ0v) is 14.6. The van der Waals surface area contributed by atoms with Crippen LogP contribution in [0.5, 0.6) is 0 Å². The quantitative estimate of drug-likeness (QED) is 0.847. The predicted octanol–water partition coefficient (Wildman–Crippen LogP) is 1.82. The molecule has 2 heterocycles. The standard InChI is InChI=1S/C17H21N3O4.ClH/c21-15-6-9-20(17(24)18-15)14-3-1-2-13(10-14)12-4-7-19(8-5-12)11-16(22)23;/h1-3,10,12H,4-9,11H2,(H,22,23)(H,18,21,24);1H. The van der Waals surface area contributed by atoms with Crippen LogP contribution in [0.25, 0.3) is 0 Å². The number of rotatable bonds is 4. The first-order chi connectivity index (χ1) is 11.5. The second-order valence-corrected chi connectivity index (χ2v) is 6.29. The van der Waals surface area contributed by atoms with E-state index in [1.165, 1.54) is 0 Å². The summed E-state index contributed by atoms with van der Waals surface area (Å²) in [5.41, 5.74) is 1.96. The number of imide groups is 1. The van der Waals surface area contributed by atoms with E-state index in [4.69, 9.17) is 5.11 Å². The molecule has 3 amide bonds. The van der Waals surface area contributed by atoms with Gasteiger partial charge in [0.05, 0.1) is 6.54 Å². The number of halogens is 1. The minimum Gasteiger partial charge on any atom is -0.480 e. The number of amides is 3. The third kappa shape index (κ3) is 4.70. The maximum atomic E-state index is 12.0. The highest BCUT2D eigenvalue weighted by molar-refractivity contribution is 6.05. The fraction of sp³-hybridized carbons (Fsp3) is 0.471. The molecule has 0 aliphatic carbocycles. The molecule has 0 aromatic heterocycles. The van der Waals surface area contributed by atoms with E-state index in [-0.39, 0.29) is 30.9 Å². The van der Waals surface area contributed by atoms with Crippen molar-refractivity contribution >= 4 is 36.0 Å². The Hall–Kier alpha value is -2.12. The zero-order chi connectivity index (χ0) is 17.1. The van der Waals surface area contributed by atoms with Gasteiger partial charge in [0.2, 0.25) is 5.91 Å². The molecule has 25 heavy (non-hydrogen) atoms. The number of carboxylic acid groups (broad SMARTS) is 1. The van der Waals surface area contributed by atoms with E-state index < -0.39 is 5.97 Å². The lowest BCUT2D eigenvalue weighted by molar-refractivity contribution is -0.138. The number of urea groups is 1. The van der Waals surface area contributed by atoms with Gasteiger partial charge in [-0.25, -0.2) is 4.79 Å². The van der Waals surface area contributed by atoms with Gasteiger partial charge in [0.1, 0.15) is 0 Å². The van der Waals surface area contributed by atoms with Crippen LogP contribution in [-0.4, -0.2) is 54.1 Å². The highest BCUT2D eigenvalue weighted by Crippen LogP contribution is 2.30. The Morgan fingerprint density at radius 1 is 1.20 bits per heavy atom. The molecule has 2 saturated heterocycles. The Labute approximate surface area is 152 Å². The summed E-state index contributed by atoms with van der Waals surface area (Å²) in [6, 6.07) is 7.48. The summed E-state index contributed by atoms with van der Waals surface area (Å²) in [7, 11) is 0. The lowest BCUT2D eigenvalue weighted by atomic mass is 9.89. The van der Waals surface area contributed by atoms with Crippen LogP contribution >= 0.6 is 12.4 Å². The van der Waals surface area contributed by atoms with Crippen LogP contribution in [0.3, 0.4) is 0 Å². The summed E-state index contributed by atoms with van der Waals surface area (Å²) in [5, 5.41) is 11.2. The second-order valence-electron chi connectivity index (χ2n) is 6.29. The van der Waals surface area contributed by atoms with Crippen molar-refractivity contribution in [3.8, 4) is 0 Å². The van der Waals surface area contributed by atoms with Crippen LogP contribution in [0.1, 0.15) is 30.7 Å². The molecule has 0 unspecified atom stereocenters. The first kappa shape index (κ1) is 19.2. The van der Waals surface area contributed by atoms with E-state index in [1.807, 2.05) is 29.2 Å². The van der Waals surface area contributed by atoms with Gasteiger partial charge in [0.15, 0.2) is 0 Å². The summed E-state index contributed by atoms with van der Waals surface area (Å²) in [5.74, 6) is -0.663. The van der Waals surface area contributed by atoms with Gasteiger partial charge in [-0.1, -0.05) is 12.1 Å². The molecule has 0 bridgehead atoms. The van der Waals surface area contributed by atoms with Crippen LogP contribution in [0.15, 0.2) is 24.3 Å². The highest BCUT2D eigenvalue weighted by Gasteiger charge is 2.26. The largest absolute Gasteiger partial charge is 0.480 e. The molecule has 136 valence electrons. The molecule has 1 aromatic rings. The van der Waals surface area contributed by atoms with Crippen molar-refractivity contribution in [1.29, 1.82) is 0 Å². The summed E-state index contributed by atoms with van der Waals surface area (Å²) in [6.07, 6.45) is 2.12. The monoisotopic (exact) mass is 367 g/mol. The highest BCUT2D eigenvalue weighted by atomic mass is 35.5. The van der Waals surface area contributed by atoms with E-state index in [1.54, 1.807) is 4.90 Å². The van der Waals surface area contributed by atoms with Gasteiger partial charge in [0, 0.05) is 18.7 Å². The lowest BCUT2D eigenvalue weighted by Crippen LogP contribution is -2.49. The van der Waals surface area contributed by atoms with Crippen molar-refractivity contribution in [3.05, 3.63) is 29.8 Å².